The molecule has 3 aromatic rings. The van der Waals surface area contributed by atoms with Crippen LogP contribution in [0.3, 0.4) is 0 Å². The van der Waals surface area contributed by atoms with Crippen molar-refractivity contribution in [2.24, 2.45) is 7.05 Å². The van der Waals surface area contributed by atoms with Gasteiger partial charge in [0.1, 0.15) is 5.52 Å². The highest BCUT2D eigenvalue weighted by atomic mass is 16.5. The van der Waals surface area contributed by atoms with Crippen molar-refractivity contribution in [1.29, 1.82) is 0 Å². The molecule has 1 aliphatic carbocycles. The summed E-state index contributed by atoms with van der Waals surface area (Å²) in [5, 5.41) is 4.85. The molecule has 0 spiro atoms. The maximum absolute atomic E-state index is 13.5. The van der Waals surface area contributed by atoms with Gasteiger partial charge in [0.05, 0.1) is 18.8 Å². The van der Waals surface area contributed by atoms with Crippen LogP contribution in [0.25, 0.3) is 21.8 Å². The molecule has 2 aliphatic rings. The van der Waals surface area contributed by atoms with Crippen molar-refractivity contribution >= 4 is 27.7 Å². The molecule has 32 heavy (non-hydrogen) atoms. The number of nitrogens with zero attached hydrogens (tertiary/aromatic N) is 3. The van der Waals surface area contributed by atoms with Gasteiger partial charge in [0, 0.05) is 55.2 Å². The van der Waals surface area contributed by atoms with Crippen molar-refractivity contribution in [2.75, 3.05) is 39.4 Å². The number of amides is 1. The summed E-state index contributed by atoms with van der Waals surface area (Å²) < 4.78 is 9.18. The monoisotopic (exact) mass is 436 g/mol. The number of nitrogens with one attached hydrogen (secondary N) is 1. The third kappa shape index (κ3) is 3.84. The van der Waals surface area contributed by atoms with Crippen molar-refractivity contribution in [3.8, 4) is 0 Å². The molecule has 1 saturated heterocycles. The van der Waals surface area contributed by atoms with Crippen molar-refractivity contribution in [2.45, 2.75) is 38.1 Å². The lowest BCUT2D eigenvalue weighted by molar-refractivity contribution is 0.0374. The normalized spacial score (nSPS) is 18.0. The van der Waals surface area contributed by atoms with Crippen LogP contribution >= 0.6 is 0 Å². The number of pyridine rings is 1. The van der Waals surface area contributed by atoms with Crippen LogP contribution in [0.2, 0.25) is 0 Å². The molecule has 3 heterocycles. The largest absolute Gasteiger partial charge is 0.379 e. The van der Waals surface area contributed by atoms with E-state index in [1.54, 1.807) is 0 Å². The zero-order chi connectivity index (χ0) is 22.1. The molecule has 170 valence electrons. The number of para-hydroxylation sites is 1. The fourth-order valence-electron chi connectivity index (χ4n) is 5.35. The fraction of sp³-hybridized carbons (Fsp3) is 0.520. The van der Waals surface area contributed by atoms with Gasteiger partial charge in [0.15, 0.2) is 0 Å². The van der Waals surface area contributed by atoms with E-state index in [4.69, 9.17) is 4.74 Å². The number of carbonyl (C=O) groups is 1. The minimum atomic E-state index is -0.0972. The van der Waals surface area contributed by atoms with Gasteiger partial charge in [-0.3, -0.25) is 14.5 Å². The van der Waals surface area contributed by atoms with E-state index >= 15 is 0 Å². The molecular weight excluding hydrogens is 404 g/mol. The van der Waals surface area contributed by atoms with Gasteiger partial charge >= 0.3 is 0 Å². The predicted molar refractivity (Wildman–Crippen MR) is 126 cm³/mol. The molecule has 2 fully saturated rings. The number of benzene rings is 1. The highest BCUT2D eigenvalue weighted by Crippen LogP contribution is 2.33. The summed E-state index contributed by atoms with van der Waals surface area (Å²) in [5.74, 6) is -0.0972. The average Bonchev–Trinajstić information content (AvgIpc) is 3.45. The third-order valence-electron chi connectivity index (χ3n) is 7.08. The molecular formula is C25H32N4O3. The van der Waals surface area contributed by atoms with E-state index in [0.717, 1.165) is 81.2 Å². The van der Waals surface area contributed by atoms with Crippen LogP contribution in [-0.2, 0) is 11.8 Å². The van der Waals surface area contributed by atoms with Crippen LogP contribution in [0.5, 0.6) is 0 Å². The van der Waals surface area contributed by atoms with E-state index in [0.29, 0.717) is 17.6 Å². The van der Waals surface area contributed by atoms with Gasteiger partial charge in [-0.1, -0.05) is 31.0 Å². The lowest BCUT2D eigenvalue weighted by atomic mass is 10.1. The number of hydrogen-bond acceptors (Lipinski definition) is 4. The molecule has 0 bridgehead atoms. The first-order valence-corrected chi connectivity index (χ1v) is 11.9. The summed E-state index contributed by atoms with van der Waals surface area (Å²) in [6.07, 6.45) is 6.98. The predicted octanol–water partition coefficient (Wildman–Crippen LogP) is 3.06. The van der Waals surface area contributed by atoms with Crippen LogP contribution < -0.4 is 10.9 Å². The van der Waals surface area contributed by atoms with Gasteiger partial charge in [-0.05, 0) is 31.9 Å². The Morgan fingerprint density at radius 2 is 1.91 bits per heavy atom. The number of ether oxygens (including phenoxy) is 1. The zero-order valence-electron chi connectivity index (χ0n) is 18.8. The van der Waals surface area contributed by atoms with Gasteiger partial charge in [0.25, 0.3) is 11.5 Å². The number of carbonyl (C=O) groups excluding carboxylic acids is 1. The second-order valence-corrected chi connectivity index (χ2v) is 9.06. The fourth-order valence-corrected chi connectivity index (χ4v) is 5.35. The smallest absolute Gasteiger partial charge is 0.275 e. The average molecular weight is 437 g/mol. The SMILES string of the molecule is Cn1c2ccccc2c2c(C(=O)NCCCN3CCOCC3)cn(C3CCCC3)c(=O)c21. The van der Waals surface area contributed by atoms with E-state index in [-0.39, 0.29) is 17.5 Å². The van der Waals surface area contributed by atoms with E-state index < -0.39 is 0 Å². The van der Waals surface area contributed by atoms with E-state index in [1.807, 2.05) is 46.6 Å². The van der Waals surface area contributed by atoms with E-state index in [2.05, 4.69) is 10.2 Å². The number of aromatic nitrogens is 2. The lowest BCUT2D eigenvalue weighted by Crippen LogP contribution is -2.38. The minimum Gasteiger partial charge on any atom is -0.379 e. The second-order valence-electron chi connectivity index (χ2n) is 9.06. The Morgan fingerprint density at radius 1 is 1.16 bits per heavy atom. The molecule has 1 amide bonds. The molecule has 1 N–H and O–H groups in total. The standard InChI is InChI=1S/C25H32N4O3/c1-27-21-10-5-4-9-19(21)22-20(17-29(25(31)23(22)27)18-7-2-3-8-18)24(30)26-11-6-12-28-13-15-32-16-14-28/h4-5,9-10,17-18H,2-3,6-8,11-16H2,1H3,(H,26,30). The zero-order valence-corrected chi connectivity index (χ0v) is 18.8. The number of morpholine rings is 1. The minimum absolute atomic E-state index is 0.00877. The van der Waals surface area contributed by atoms with Gasteiger partial charge in [-0.2, -0.15) is 0 Å². The molecule has 2 aromatic heterocycles. The molecule has 0 radical (unpaired) electrons. The Balaban J connectivity index is 1.47. The maximum Gasteiger partial charge on any atom is 0.275 e. The molecule has 1 saturated carbocycles. The van der Waals surface area contributed by atoms with Crippen molar-refractivity contribution < 1.29 is 9.53 Å². The summed E-state index contributed by atoms with van der Waals surface area (Å²) in [6.45, 7) is 5.05. The quantitative estimate of drug-likeness (QED) is 0.603. The third-order valence-corrected chi connectivity index (χ3v) is 7.08. The maximum atomic E-state index is 13.5. The van der Waals surface area contributed by atoms with Crippen LogP contribution in [0.1, 0.15) is 48.5 Å². The molecule has 0 unspecified atom stereocenters. The van der Waals surface area contributed by atoms with Crippen LogP contribution in [-0.4, -0.2) is 59.3 Å². The Kier molecular flexibility index (Phi) is 6.02. The highest BCUT2D eigenvalue weighted by Gasteiger charge is 2.25. The summed E-state index contributed by atoms with van der Waals surface area (Å²) in [4.78, 5) is 29.3. The van der Waals surface area contributed by atoms with Gasteiger partial charge in [-0.15, -0.1) is 0 Å². The Hall–Kier alpha value is -2.64. The first-order valence-electron chi connectivity index (χ1n) is 11.9. The molecule has 1 aliphatic heterocycles. The molecule has 7 nitrogen and oxygen atoms in total. The summed E-state index contributed by atoms with van der Waals surface area (Å²) >= 11 is 0. The van der Waals surface area contributed by atoms with Gasteiger partial charge in [0.2, 0.25) is 0 Å². The molecule has 0 atom stereocenters. The number of fused-ring (bicyclic) bond motifs is 3. The highest BCUT2D eigenvalue weighted by molar-refractivity contribution is 6.17. The summed E-state index contributed by atoms with van der Waals surface area (Å²) in [5.41, 5.74) is 2.22. The Morgan fingerprint density at radius 3 is 2.69 bits per heavy atom. The number of aryl methyl sites for hydroxylation is 1. The van der Waals surface area contributed by atoms with Crippen molar-refractivity contribution in [3.05, 3.63) is 46.4 Å². The van der Waals surface area contributed by atoms with Crippen LogP contribution in [0.15, 0.2) is 35.3 Å². The Bertz CT molecular complexity index is 1180. The Labute approximate surface area is 187 Å². The molecule has 1 aromatic carbocycles. The van der Waals surface area contributed by atoms with Gasteiger partial charge in [-0.25, -0.2) is 0 Å². The topological polar surface area (TPSA) is 68.5 Å². The van der Waals surface area contributed by atoms with Crippen LogP contribution in [0, 0.1) is 0 Å². The number of rotatable bonds is 6. The van der Waals surface area contributed by atoms with Crippen molar-refractivity contribution in [3.63, 3.8) is 0 Å². The van der Waals surface area contributed by atoms with E-state index in [9.17, 15) is 9.59 Å². The van der Waals surface area contributed by atoms with E-state index in [1.165, 1.54) is 0 Å². The van der Waals surface area contributed by atoms with Gasteiger partial charge < -0.3 is 19.2 Å². The molecule has 5 rings (SSSR count). The summed E-state index contributed by atoms with van der Waals surface area (Å²) in [7, 11) is 1.93. The molecule has 7 heteroatoms. The van der Waals surface area contributed by atoms with Crippen LogP contribution in [0.4, 0.5) is 0 Å². The summed E-state index contributed by atoms with van der Waals surface area (Å²) in [6, 6.07) is 8.14. The second kappa shape index (κ2) is 9.08. The first-order chi connectivity index (χ1) is 15.6. The van der Waals surface area contributed by atoms with Crippen molar-refractivity contribution in [1.82, 2.24) is 19.4 Å². The number of hydrogen-bond donors (Lipinski definition) is 1. The lowest BCUT2D eigenvalue weighted by Gasteiger charge is -2.26. The first kappa shape index (κ1) is 21.2.